The topological polar surface area (TPSA) is 103 Å². The van der Waals surface area contributed by atoms with Crippen molar-refractivity contribution in [3.63, 3.8) is 0 Å². The fourth-order valence-corrected chi connectivity index (χ4v) is 13.9. The van der Waals surface area contributed by atoms with Crippen molar-refractivity contribution in [2.45, 2.75) is 0 Å². The molecule has 6 heterocycles. The van der Waals surface area contributed by atoms with Crippen molar-refractivity contribution in [2.75, 3.05) is 0 Å². The molecule has 0 unspecified atom stereocenters. The second kappa shape index (κ2) is 26.5. The molecule has 0 saturated carbocycles. The van der Waals surface area contributed by atoms with E-state index in [1.54, 1.807) is 0 Å². The van der Waals surface area contributed by atoms with Gasteiger partial charge in [0.1, 0.15) is 0 Å². The van der Waals surface area contributed by atoms with E-state index in [9.17, 15) is 0 Å². The van der Waals surface area contributed by atoms with Gasteiger partial charge in [0.15, 0.2) is 11.6 Å². The van der Waals surface area contributed by atoms with Crippen molar-refractivity contribution >= 4 is 65.4 Å². The fraction of sp³-hybridized carbons (Fsp3) is 0. The van der Waals surface area contributed by atoms with Gasteiger partial charge in [-0.3, -0.25) is 4.98 Å². The molecule has 13 aromatic carbocycles. The summed E-state index contributed by atoms with van der Waals surface area (Å²) in [5.74, 6) is 1.36. The Kier molecular flexibility index (Phi) is 15.8. The molecule has 0 spiro atoms. The molecule has 0 aliphatic heterocycles. The summed E-state index contributed by atoms with van der Waals surface area (Å²) >= 11 is 0. The minimum Gasteiger partial charge on any atom is -0.254 e. The molecule has 0 N–H and O–H groups in total. The van der Waals surface area contributed by atoms with E-state index in [2.05, 4.69) is 273 Å². The fourth-order valence-electron chi connectivity index (χ4n) is 13.9. The number of benzene rings is 13. The third-order valence-electron chi connectivity index (χ3n) is 19.0. The van der Waals surface area contributed by atoms with E-state index in [1.165, 1.54) is 22.3 Å². The molecule has 0 saturated heterocycles. The van der Waals surface area contributed by atoms with Gasteiger partial charge in [0.25, 0.3) is 0 Å². The van der Waals surface area contributed by atoms with Crippen LogP contribution in [0.1, 0.15) is 0 Å². The zero-order valence-electron chi connectivity index (χ0n) is 55.2. The van der Waals surface area contributed by atoms with E-state index >= 15 is 0 Å². The van der Waals surface area contributed by atoms with Crippen molar-refractivity contribution in [3.8, 4) is 124 Å². The molecule has 0 aliphatic rings. The van der Waals surface area contributed by atoms with E-state index in [4.69, 9.17) is 39.9 Å². The van der Waals surface area contributed by atoms with Crippen LogP contribution < -0.4 is 0 Å². The largest absolute Gasteiger partial charge is 0.254 e. The monoisotopic (exact) mass is 1300 g/mol. The highest BCUT2D eigenvalue weighted by molar-refractivity contribution is 6.17. The van der Waals surface area contributed by atoms with E-state index in [1.807, 2.05) is 91.1 Å². The Labute approximate surface area is 589 Å². The minimum atomic E-state index is 0.679. The summed E-state index contributed by atoms with van der Waals surface area (Å²) in [6.07, 6.45) is 1.84. The zero-order chi connectivity index (χ0) is 67.7. The van der Waals surface area contributed by atoms with Crippen molar-refractivity contribution in [1.82, 2.24) is 39.9 Å². The smallest absolute Gasteiger partial charge is 0.160 e. The van der Waals surface area contributed by atoms with Crippen LogP contribution in [0.25, 0.3) is 189 Å². The van der Waals surface area contributed by atoms with Crippen LogP contribution in [0.4, 0.5) is 0 Å². The number of para-hydroxylation sites is 2. The van der Waals surface area contributed by atoms with Crippen LogP contribution in [0, 0.1) is 0 Å². The van der Waals surface area contributed by atoms with Gasteiger partial charge in [0.05, 0.1) is 61.6 Å². The van der Waals surface area contributed by atoms with Gasteiger partial charge in [-0.2, -0.15) is 0 Å². The molecule has 8 nitrogen and oxygen atoms in total. The van der Waals surface area contributed by atoms with E-state index < -0.39 is 0 Å². The number of hydrogen-bond acceptors (Lipinski definition) is 8. The van der Waals surface area contributed by atoms with Crippen LogP contribution in [-0.2, 0) is 0 Å². The molecule has 6 aromatic heterocycles. The third kappa shape index (κ3) is 11.8. The Morgan fingerprint density at radius 2 is 0.480 bits per heavy atom. The molecule has 102 heavy (non-hydrogen) atoms. The minimum absolute atomic E-state index is 0.679. The summed E-state index contributed by atoms with van der Waals surface area (Å²) in [5, 5.41) is 6.49. The van der Waals surface area contributed by atoms with E-state index in [0.29, 0.717) is 11.6 Å². The first kappa shape index (κ1) is 60.6. The standard InChI is InChI=1S/C50H32N4.C44H28N4/c1-4-12-33(13-5-1)34-20-22-37(23-21-34)46-32-45(36-16-8-3-9-17-36)53-50(54-46)40-26-24-38(25-27-40)47-41-18-10-11-19-44(41)52-49-42(47)30-28-39-29-31-43(51-48(39)49)35-14-6-2-7-15-35;1-3-10-29(11-4-1)30-17-19-32(20-18-30)40-28-39(31-12-5-2-6-13-31)47-44(48-40)35-23-21-33(22-24-35)41-36-15-7-8-16-38(36)46-43-37(41)26-25-34-14-9-27-45-42(34)43/h1-32H;1-28H. The maximum absolute atomic E-state index is 5.21. The van der Waals surface area contributed by atoms with E-state index in [0.717, 1.165) is 155 Å². The molecule has 0 fully saturated rings. The average Bonchev–Trinajstić information content (AvgIpc) is 0.745. The summed E-state index contributed by atoms with van der Waals surface area (Å²) in [6.45, 7) is 0. The molecule has 0 radical (unpaired) electrons. The summed E-state index contributed by atoms with van der Waals surface area (Å²) in [6, 6.07) is 124. The number of aromatic nitrogens is 8. The second-order valence-electron chi connectivity index (χ2n) is 25.3. The first-order valence-corrected chi connectivity index (χ1v) is 34.2. The molecule has 0 atom stereocenters. The lowest BCUT2D eigenvalue weighted by Crippen LogP contribution is -1.96. The highest BCUT2D eigenvalue weighted by Crippen LogP contribution is 2.42. The van der Waals surface area contributed by atoms with Gasteiger partial charge in [0, 0.05) is 88.6 Å². The van der Waals surface area contributed by atoms with Gasteiger partial charge >= 0.3 is 0 Å². The molecule has 19 aromatic rings. The molecular weight excluding hydrogens is 1240 g/mol. The molecular formula is C94H60N8. The number of pyridine rings is 4. The lowest BCUT2D eigenvalue weighted by atomic mass is 9.94. The number of fused-ring (bicyclic) bond motifs is 8. The summed E-state index contributed by atoms with van der Waals surface area (Å²) < 4.78 is 0. The molecule has 19 rings (SSSR count). The molecule has 0 amide bonds. The van der Waals surface area contributed by atoms with Crippen molar-refractivity contribution < 1.29 is 0 Å². The first-order chi connectivity index (χ1) is 50.5. The van der Waals surface area contributed by atoms with Gasteiger partial charge in [-0.1, -0.05) is 322 Å². The number of nitrogens with zero attached hydrogens (tertiary/aromatic N) is 8. The van der Waals surface area contributed by atoms with Gasteiger partial charge in [-0.05, 0) is 69.8 Å². The predicted octanol–water partition coefficient (Wildman–Crippen LogP) is 23.8. The zero-order valence-corrected chi connectivity index (χ0v) is 55.2. The van der Waals surface area contributed by atoms with Crippen LogP contribution in [0.5, 0.6) is 0 Å². The van der Waals surface area contributed by atoms with Gasteiger partial charge < -0.3 is 0 Å². The Morgan fingerprint density at radius 1 is 0.167 bits per heavy atom. The molecule has 0 aliphatic carbocycles. The maximum Gasteiger partial charge on any atom is 0.160 e. The Morgan fingerprint density at radius 3 is 0.912 bits per heavy atom. The lowest BCUT2D eigenvalue weighted by Gasteiger charge is -2.14. The van der Waals surface area contributed by atoms with Crippen molar-refractivity contribution in [1.29, 1.82) is 0 Å². The highest BCUT2D eigenvalue weighted by atomic mass is 14.9. The SMILES string of the molecule is c1ccc(-c2ccc(-c3cc(-c4ccccc4)nc(-c4ccc(-c5c6ccccc6nc6c5ccc5ccc(-c7ccccc7)nc56)cc4)n3)cc2)cc1.c1ccc(-c2ccc(-c3cc(-c4ccccc4)nc(-c4ccc(-c5c6ccccc6nc6c5ccc5cccnc56)cc4)n3)cc2)cc1. The lowest BCUT2D eigenvalue weighted by molar-refractivity contribution is 1.18. The summed E-state index contributed by atoms with van der Waals surface area (Å²) in [7, 11) is 0. The van der Waals surface area contributed by atoms with Crippen LogP contribution in [0.2, 0.25) is 0 Å². The summed E-state index contributed by atoms with van der Waals surface area (Å²) in [4.78, 5) is 40.6. The normalized spacial score (nSPS) is 11.3. The second-order valence-corrected chi connectivity index (χ2v) is 25.3. The maximum atomic E-state index is 5.21. The van der Waals surface area contributed by atoms with Gasteiger partial charge in [0.2, 0.25) is 0 Å². The predicted molar refractivity (Wildman–Crippen MR) is 420 cm³/mol. The average molecular weight is 1300 g/mol. The Hall–Kier alpha value is -13.8. The summed E-state index contributed by atoms with van der Waals surface area (Å²) in [5.41, 5.74) is 26.3. The number of hydrogen-bond donors (Lipinski definition) is 0. The molecule has 0 bridgehead atoms. The number of rotatable bonds is 11. The molecule has 8 heteroatoms. The third-order valence-corrected chi connectivity index (χ3v) is 19.0. The van der Waals surface area contributed by atoms with Crippen molar-refractivity contribution in [3.05, 3.63) is 364 Å². The highest BCUT2D eigenvalue weighted by Gasteiger charge is 2.20. The Balaban J connectivity index is 0.000000147. The van der Waals surface area contributed by atoms with Crippen LogP contribution in [0.3, 0.4) is 0 Å². The first-order valence-electron chi connectivity index (χ1n) is 34.2. The van der Waals surface area contributed by atoms with Gasteiger partial charge in [-0.15, -0.1) is 0 Å². The Bertz CT molecular complexity index is 6300. The van der Waals surface area contributed by atoms with E-state index in [-0.39, 0.29) is 0 Å². The van der Waals surface area contributed by atoms with Gasteiger partial charge in [-0.25, -0.2) is 34.9 Å². The quantitative estimate of drug-likeness (QED) is 0.0932. The van der Waals surface area contributed by atoms with Crippen LogP contribution in [-0.4, -0.2) is 39.9 Å². The molecule has 476 valence electrons. The van der Waals surface area contributed by atoms with Crippen molar-refractivity contribution in [2.24, 2.45) is 0 Å². The van der Waals surface area contributed by atoms with Crippen LogP contribution in [0.15, 0.2) is 364 Å². The van der Waals surface area contributed by atoms with Crippen LogP contribution >= 0.6 is 0 Å².